The quantitative estimate of drug-likeness (QED) is 0.228. The van der Waals surface area contributed by atoms with Crippen LogP contribution in [-0.2, 0) is 4.74 Å². The van der Waals surface area contributed by atoms with Gasteiger partial charge in [0.05, 0.1) is 12.6 Å². The number of aliphatic hydroxyl groups excluding tert-OH is 8. The number of aliphatic hydroxyl groups is 8. The van der Waals surface area contributed by atoms with Crippen LogP contribution in [0, 0.1) is 0 Å². The summed E-state index contributed by atoms with van der Waals surface area (Å²) in [6, 6.07) is -0.706. The molecule has 3 heterocycles. The third kappa shape index (κ3) is 3.16. The van der Waals surface area contributed by atoms with Crippen molar-refractivity contribution >= 4 is 16.9 Å². The van der Waals surface area contributed by atoms with Crippen molar-refractivity contribution in [3.05, 3.63) is 0 Å². The normalized spacial score (nSPS) is 52.5. The van der Waals surface area contributed by atoms with E-state index in [4.69, 9.17) is 4.74 Å². The monoisotopic (exact) mass is 382 g/mol. The number of amidine groups is 1. The molecule has 11 nitrogen and oxygen atoms in total. The first kappa shape index (κ1) is 19.2. The molecule has 0 radical (unpaired) electrons. The van der Waals surface area contributed by atoms with Crippen LogP contribution in [-0.4, -0.2) is 125 Å². The molecule has 25 heavy (non-hydrogen) atoms. The summed E-state index contributed by atoms with van der Waals surface area (Å²) in [5, 5.41) is 78.8. The van der Waals surface area contributed by atoms with Crippen LogP contribution in [0.1, 0.15) is 0 Å². The Morgan fingerprint density at radius 1 is 0.920 bits per heavy atom. The lowest BCUT2D eigenvalue weighted by Crippen LogP contribution is -2.66. The summed E-state index contributed by atoms with van der Waals surface area (Å²) in [6.45, 7) is -0.599. The molecule has 144 valence electrons. The van der Waals surface area contributed by atoms with Gasteiger partial charge in [-0.2, -0.15) is 0 Å². The van der Waals surface area contributed by atoms with Crippen LogP contribution in [0.25, 0.3) is 0 Å². The van der Waals surface area contributed by atoms with Gasteiger partial charge in [-0.1, -0.05) is 11.8 Å². The smallest absolute Gasteiger partial charge is 0.180 e. The summed E-state index contributed by atoms with van der Waals surface area (Å²) in [5.41, 5.74) is 0. The van der Waals surface area contributed by atoms with Crippen LogP contribution in [0.5, 0.6) is 0 Å². The number of rotatable bonds is 2. The lowest BCUT2D eigenvalue weighted by Gasteiger charge is -2.44. The molecule has 12 heteroatoms. The molecule has 0 bridgehead atoms. The number of aliphatic imine (C=N–C) groups is 1. The molecule has 3 rings (SSSR count). The molecule has 0 amide bonds. The van der Waals surface area contributed by atoms with Crippen molar-refractivity contribution in [2.75, 3.05) is 12.4 Å². The van der Waals surface area contributed by atoms with E-state index >= 15 is 0 Å². The first-order chi connectivity index (χ1) is 11.8. The third-order valence-electron chi connectivity index (χ3n) is 4.75. The molecule has 0 saturated carbocycles. The van der Waals surface area contributed by atoms with Gasteiger partial charge in [0.1, 0.15) is 42.7 Å². The third-order valence-corrected chi connectivity index (χ3v) is 5.83. The number of ether oxygens (including phenoxy) is 1. The molecule has 3 fully saturated rings. The maximum Gasteiger partial charge on any atom is 0.180 e. The first-order valence-corrected chi connectivity index (χ1v) is 8.78. The molecule has 0 spiro atoms. The fourth-order valence-electron chi connectivity index (χ4n) is 3.20. The van der Waals surface area contributed by atoms with Gasteiger partial charge in [-0.05, 0) is 0 Å². The molecule has 3 aliphatic rings. The lowest BCUT2D eigenvalue weighted by molar-refractivity contribution is -0.227. The van der Waals surface area contributed by atoms with E-state index in [1.165, 1.54) is 4.90 Å². The second-order valence-electron chi connectivity index (χ2n) is 6.30. The Labute approximate surface area is 146 Å². The van der Waals surface area contributed by atoms with E-state index in [1.54, 1.807) is 0 Å². The van der Waals surface area contributed by atoms with Crippen molar-refractivity contribution in [2.24, 2.45) is 4.99 Å². The van der Waals surface area contributed by atoms with Crippen molar-refractivity contribution < 1.29 is 45.6 Å². The lowest BCUT2D eigenvalue weighted by atomic mass is 9.94. The standard InChI is InChI=1S/C13H22N2O9S/c16-1-4-6(18)8(20)9(21)11(24-4)14-13-15-3(2-25-13)5(17)7(19)10(22)12(15)23/h3-12,16-23H,1-2H2/b14-13+/t3-,4-,5-,6-,7+,8+,9-,10-,11-,12-/m1/s1. The maximum atomic E-state index is 10.2. The zero-order chi connectivity index (χ0) is 18.5. The van der Waals surface area contributed by atoms with Crippen molar-refractivity contribution in [3.63, 3.8) is 0 Å². The highest BCUT2D eigenvalue weighted by Crippen LogP contribution is 2.35. The zero-order valence-corrected chi connectivity index (χ0v) is 13.8. The predicted molar refractivity (Wildman–Crippen MR) is 83.3 cm³/mol. The van der Waals surface area contributed by atoms with Gasteiger partial charge in [0, 0.05) is 5.75 Å². The summed E-state index contributed by atoms with van der Waals surface area (Å²) < 4.78 is 5.29. The van der Waals surface area contributed by atoms with Crippen molar-refractivity contribution in [1.29, 1.82) is 0 Å². The van der Waals surface area contributed by atoms with Crippen molar-refractivity contribution in [1.82, 2.24) is 4.90 Å². The average molecular weight is 382 g/mol. The van der Waals surface area contributed by atoms with E-state index in [9.17, 15) is 40.9 Å². The second kappa shape index (κ2) is 7.23. The number of nitrogens with zero attached hydrogens (tertiary/aromatic N) is 2. The van der Waals surface area contributed by atoms with Gasteiger partial charge in [-0.25, -0.2) is 4.99 Å². The highest BCUT2D eigenvalue weighted by atomic mass is 32.2. The van der Waals surface area contributed by atoms with Crippen molar-refractivity contribution in [2.45, 2.75) is 61.2 Å². The zero-order valence-electron chi connectivity index (χ0n) is 13.0. The van der Waals surface area contributed by atoms with E-state index in [1.807, 2.05) is 0 Å². The minimum Gasteiger partial charge on any atom is -0.394 e. The van der Waals surface area contributed by atoms with Gasteiger partial charge in [-0.3, -0.25) is 0 Å². The predicted octanol–water partition coefficient (Wildman–Crippen LogP) is -5.03. The number of thioether (sulfide) groups is 1. The molecule has 3 saturated heterocycles. The summed E-state index contributed by atoms with van der Waals surface area (Å²) in [7, 11) is 0. The topological polar surface area (TPSA) is 187 Å². The van der Waals surface area contributed by atoms with Gasteiger partial charge < -0.3 is 50.5 Å². The Bertz CT molecular complexity index is 524. The van der Waals surface area contributed by atoms with E-state index in [0.29, 0.717) is 0 Å². The maximum absolute atomic E-state index is 10.2. The fourth-order valence-corrected chi connectivity index (χ4v) is 4.45. The molecule has 0 aromatic carbocycles. The fraction of sp³-hybridized carbons (Fsp3) is 0.923. The van der Waals surface area contributed by atoms with Crippen LogP contribution in [0.4, 0.5) is 0 Å². The van der Waals surface area contributed by atoms with E-state index in [2.05, 4.69) is 4.99 Å². The van der Waals surface area contributed by atoms with Crippen LogP contribution >= 0.6 is 11.8 Å². The molecule has 0 aliphatic carbocycles. The molecule has 0 aromatic heterocycles. The van der Waals surface area contributed by atoms with E-state index < -0.39 is 67.8 Å². The summed E-state index contributed by atoms with van der Waals surface area (Å²) in [6.07, 6.45) is -13.1. The molecule has 0 unspecified atom stereocenters. The number of piperidine rings is 1. The Morgan fingerprint density at radius 3 is 2.20 bits per heavy atom. The molecule has 10 atom stereocenters. The number of hydrogen-bond donors (Lipinski definition) is 8. The van der Waals surface area contributed by atoms with Gasteiger partial charge in [0.25, 0.3) is 0 Å². The summed E-state index contributed by atoms with van der Waals surface area (Å²) >= 11 is 1.10. The number of hydrogen-bond acceptors (Lipinski definition) is 11. The Morgan fingerprint density at radius 2 is 1.56 bits per heavy atom. The number of fused-ring (bicyclic) bond motifs is 1. The van der Waals surface area contributed by atoms with Gasteiger partial charge in [-0.15, -0.1) is 0 Å². The minimum atomic E-state index is -1.62. The van der Waals surface area contributed by atoms with Gasteiger partial charge in [0.2, 0.25) is 0 Å². The minimum absolute atomic E-state index is 0.131. The Kier molecular flexibility index (Phi) is 5.56. The molecule has 8 N–H and O–H groups in total. The second-order valence-corrected chi connectivity index (χ2v) is 7.29. The van der Waals surface area contributed by atoms with E-state index in [0.717, 1.165) is 11.8 Å². The Hall–Kier alpha value is -0.540. The van der Waals surface area contributed by atoms with Crippen LogP contribution in [0.2, 0.25) is 0 Å². The molecular formula is C13H22N2O9S. The molecule has 3 aliphatic heterocycles. The van der Waals surface area contributed by atoms with Gasteiger partial charge >= 0.3 is 0 Å². The van der Waals surface area contributed by atoms with Gasteiger partial charge in [0.15, 0.2) is 17.6 Å². The Balaban J connectivity index is 1.84. The van der Waals surface area contributed by atoms with Crippen LogP contribution in [0.15, 0.2) is 4.99 Å². The van der Waals surface area contributed by atoms with Crippen LogP contribution in [0.3, 0.4) is 0 Å². The summed E-state index contributed by atoms with van der Waals surface area (Å²) in [5.74, 6) is 0.262. The SMILES string of the molecule is OC[C@H]1O[C@@H](/N=C2/SC[C@@H]3[C@@H](O)[C@H](O)[C@@H](O)[C@@H](O)N23)[C@H](O)[C@@H](O)[C@@H]1O. The van der Waals surface area contributed by atoms with Crippen LogP contribution < -0.4 is 0 Å². The summed E-state index contributed by atoms with van der Waals surface area (Å²) in [4.78, 5) is 5.33. The molecule has 0 aromatic rings. The molecular weight excluding hydrogens is 360 g/mol. The largest absolute Gasteiger partial charge is 0.394 e. The van der Waals surface area contributed by atoms with E-state index in [-0.39, 0.29) is 10.9 Å². The first-order valence-electron chi connectivity index (χ1n) is 7.79. The van der Waals surface area contributed by atoms with Crippen molar-refractivity contribution in [3.8, 4) is 0 Å². The average Bonchev–Trinajstić information content (AvgIpc) is 3.02. The highest BCUT2D eigenvalue weighted by Gasteiger charge is 2.52. The highest BCUT2D eigenvalue weighted by molar-refractivity contribution is 8.14.